The lowest BCUT2D eigenvalue weighted by atomic mass is 10.0. The average molecular weight is 473 g/mol. The molecule has 3 N–H and O–H groups in total. The Hall–Kier alpha value is -2.52. The molecule has 7 nitrogen and oxygen atoms in total. The number of nitrogens with zero attached hydrogens (tertiary/aromatic N) is 2. The molecule has 9 heteroatoms. The number of hydrogen-bond acceptors (Lipinski definition) is 5. The molecule has 1 aliphatic rings. The quantitative estimate of drug-likeness (QED) is 0.445. The zero-order valence-electron chi connectivity index (χ0n) is 17.4. The van der Waals surface area contributed by atoms with E-state index in [2.05, 4.69) is 10.3 Å². The van der Waals surface area contributed by atoms with E-state index in [1.165, 1.54) is 5.56 Å². The summed E-state index contributed by atoms with van der Waals surface area (Å²) in [7, 11) is 0. The van der Waals surface area contributed by atoms with Gasteiger partial charge < -0.3 is 25.1 Å². The first kappa shape index (κ1) is 22.7. The van der Waals surface area contributed by atoms with E-state index in [4.69, 9.17) is 26.8 Å². The Morgan fingerprint density at radius 2 is 2.03 bits per heavy atom. The maximum Gasteiger partial charge on any atom is 0.316 e. The van der Waals surface area contributed by atoms with Crippen LogP contribution in [0.1, 0.15) is 12.0 Å². The molecule has 0 saturated carbocycles. The molecule has 168 valence electrons. The van der Waals surface area contributed by atoms with Crippen molar-refractivity contribution in [3.8, 4) is 0 Å². The van der Waals surface area contributed by atoms with Gasteiger partial charge in [-0.3, -0.25) is 0 Å². The number of nitrogens with two attached hydrogens (primary N) is 1. The second kappa shape index (κ2) is 10.4. The lowest BCUT2D eigenvalue weighted by molar-refractivity contribution is -0.180. The molecule has 3 aromatic rings. The minimum Gasteiger partial charge on any atom is -0.351 e. The Balaban J connectivity index is 1.36. The molecule has 1 aromatic heterocycles. The summed E-state index contributed by atoms with van der Waals surface area (Å²) < 4.78 is 14.7. The van der Waals surface area contributed by atoms with E-state index in [9.17, 15) is 4.79 Å². The molecule has 0 radical (unpaired) electrons. The second-order valence-electron chi connectivity index (χ2n) is 7.65. The Bertz CT molecular complexity index is 1010. The number of carbonyl (C=O) groups excluding carboxylic acids is 1. The normalized spacial score (nSPS) is 20.3. The Morgan fingerprint density at radius 1 is 1.25 bits per heavy atom. The van der Waals surface area contributed by atoms with Crippen LogP contribution in [-0.2, 0) is 22.4 Å². The zero-order valence-corrected chi connectivity index (χ0v) is 19.0. The van der Waals surface area contributed by atoms with Crippen LogP contribution in [0.4, 0.5) is 10.5 Å². The van der Waals surface area contributed by atoms with Crippen LogP contribution in [0, 0.1) is 0 Å². The van der Waals surface area contributed by atoms with E-state index in [0.29, 0.717) is 18.8 Å². The molecule has 2 aromatic carbocycles. The molecule has 1 aliphatic heterocycles. The number of benzene rings is 2. The van der Waals surface area contributed by atoms with E-state index in [-0.39, 0.29) is 6.10 Å². The van der Waals surface area contributed by atoms with Gasteiger partial charge in [0.15, 0.2) is 5.79 Å². The molecule has 1 saturated heterocycles. The highest BCUT2D eigenvalue weighted by Crippen LogP contribution is 2.33. The topological polar surface area (TPSA) is 91.4 Å². The molecule has 2 atom stereocenters. The summed E-state index contributed by atoms with van der Waals surface area (Å²) >= 11 is 7.70. The van der Waals surface area contributed by atoms with E-state index in [1.54, 1.807) is 24.3 Å². The van der Waals surface area contributed by atoms with Gasteiger partial charge in [0, 0.05) is 40.2 Å². The van der Waals surface area contributed by atoms with Crippen molar-refractivity contribution in [1.29, 1.82) is 0 Å². The fourth-order valence-corrected chi connectivity index (χ4v) is 4.60. The molecule has 2 heterocycles. The van der Waals surface area contributed by atoms with E-state index in [1.807, 2.05) is 59.3 Å². The molecule has 0 spiro atoms. The maximum absolute atomic E-state index is 11.0. The minimum absolute atomic E-state index is 0.0304. The number of halogens is 1. The number of imidazole rings is 1. The predicted octanol–water partition coefficient (Wildman–Crippen LogP) is 4.56. The molecule has 2 unspecified atom stereocenters. The van der Waals surface area contributed by atoms with Crippen molar-refractivity contribution < 1.29 is 14.3 Å². The van der Waals surface area contributed by atoms with Gasteiger partial charge in [0.1, 0.15) is 0 Å². The first-order chi connectivity index (χ1) is 15.5. The second-order valence-corrected chi connectivity index (χ2v) is 9.18. The lowest BCUT2D eigenvalue weighted by Gasteiger charge is -2.28. The van der Waals surface area contributed by atoms with Gasteiger partial charge in [0.25, 0.3) is 0 Å². The van der Waals surface area contributed by atoms with Gasteiger partial charge in [0.05, 0.1) is 25.6 Å². The number of primary amides is 1. The summed E-state index contributed by atoms with van der Waals surface area (Å²) in [6.07, 6.45) is 6.96. The summed E-state index contributed by atoms with van der Waals surface area (Å²) in [6.45, 7) is 1.11. The van der Waals surface area contributed by atoms with Crippen LogP contribution in [0.3, 0.4) is 0 Å². The van der Waals surface area contributed by atoms with Gasteiger partial charge in [0.2, 0.25) is 0 Å². The predicted molar refractivity (Wildman–Crippen MR) is 126 cm³/mol. The first-order valence-corrected chi connectivity index (χ1v) is 11.7. The number of thioether (sulfide) groups is 1. The summed E-state index contributed by atoms with van der Waals surface area (Å²) in [6, 6.07) is 14.9. The van der Waals surface area contributed by atoms with Crippen molar-refractivity contribution in [2.75, 3.05) is 17.7 Å². The molecular weight excluding hydrogens is 448 g/mol. The van der Waals surface area contributed by atoms with Gasteiger partial charge in [-0.05, 0) is 48.4 Å². The standard InChI is InChI=1S/C23H25ClN4O3S/c24-18-3-1-17(2-4-18)9-10-23(15-28-12-11-26-16-28)30-13-20(31-23)14-32-21-7-5-19(6-8-21)27-22(25)29/h1-8,11-12,16,20H,9-10,13-15H2,(H3,25,27,29). The highest BCUT2D eigenvalue weighted by atomic mass is 35.5. The number of hydrogen-bond donors (Lipinski definition) is 2. The van der Waals surface area contributed by atoms with Crippen molar-refractivity contribution in [1.82, 2.24) is 9.55 Å². The molecular formula is C23H25ClN4O3S. The number of rotatable bonds is 9. The van der Waals surface area contributed by atoms with Crippen LogP contribution in [0.25, 0.3) is 0 Å². The third kappa shape index (κ3) is 6.26. The van der Waals surface area contributed by atoms with Crippen LogP contribution in [0.5, 0.6) is 0 Å². The van der Waals surface area contributed by atoms with Crippen molar-refractivity contribution in [3.05, 3.63) is 77.8 Å². The Morgan fingerprint density at radius 3 is 2.72 bits per heavy atom. The summed E-state index contributed by atoms with van der Waals surface area (Å²) in [4.78, 5) is 16.2. The van der Waals surface area contributed by atoms with Gasteiger partial charge >= 0.3 is 6.03 Å². The third-order valence-electron chi connectivity index (χ3n) is 5.16. The summed E-state index contributed by atoms with van der Waals surface area (Å²) in [5.41, 5.74) is 7.01. The van der Waals surface area contributed by atoms with E-state index in [0.717, 1.165) is 28.5 Å². The fraction of sp³-hybridized carbons (Fsp3) is 0.304. The van der Waals surface area contributed by atoms with Crippen LogP contribution in [0.15, 0.2) is 72.1 Å². The number of ether oxygens (including phenoxy) is 2. The molecule has 4 rings (SSSR count). The number of nitrogens with one attached hydrogen (secondary N) is 1. The maximum atomic E-state index is 11.0. The van der Waals surface area contributed by atoms with Crippen LogP contribution in [-0.4, -0.2) is 39.8 Å². The summed E-state index contributed by atoms with van der Waals surface area (Å²) in [5.74, 6) is 0.0516. The monoisotopic (exact) mass is 472 g/mol. The van der Waals surface area contributed by atoms with Gasteiger partial charge in [-0.1, -0.05) is 23.7 Å². The Labute approximate surface area is 196 Å². The number of carbonyl (C=O) groups is 1. The number of aromatic nitrogens is 2. The van der Waals surface area contributed by atoms with Gasteiger partial charge in [-0.25, -0.2) is 9.78 Å². The van der Waals surface area contributed by atoms with Crippen molar-refractivity contribution >= 4 is 35.1 Å². The van der Waals surface area contributed by atoms with Crippen LogP contribution in [0.2, 0.25) is 5.02 Å². The van der Waals surface area contributed by atoms with Crippen LogP contribution < -0.4 is 11.1 Å². The number of anilines is 1. The van der Waals surface area contributed by atoms with E-state index < -0.39 is 11.8 Å². The molecule has 32 heavy (non-hydrogen) atoms. The SMILES string of the molecule is NC(=O)Nc1ccc(SCC2COC(CCc3ccc(Cl)cc3)(Cn3ccnc3)O2)cc1. The molecule has 0 bridgehead atoms. The highest BCUT2D eigenvalue weighted by Gasteiger charge is 2.41. The number of amides is 2. The largest absolute Gasteiger partial charge is 0.351 e. The minimum atomic E-state index is -0.708. The lowest BCUT2D eigenvalue weighted by Crippen LogP contribution is -2.37. The van der Waals surface area contributed by atoms with Crippen molar-refractivity contribution in [3.63, 3.8) is 0 Å². The number of aryl methyl sites for hydroxylation is 1. The zero-order chi connectivity index (χ0) is 22.4. The summed E-state index contributed by atoms with van der Waals surface area (Å²) in [5, 5.41) is 3.29. The smallest absolute Gasteiger partial charge is 0.316 e. The molecule has 2 amide bonds. The molecule has 0 aliphatic carbocycles. The van der Waals surface area contributed by atoms with Crippen LogP contribution >= 0.6 is 23.4 Å². The van der Waals surface area contributed by atoms with Crippen molar-refractivity contribution in [2.24, 2.45) is 5.73 Å². The van der Waals surface area contributed by atoms with E-state index >= 15 is 0 Å². The first-order valence-electron chi connectivity index (χ1n) is 10.3. The van der Waals surface area contributed by atoms with Gasteiger partial charge in [-0.2, -0.15) is 0 Å². The fourth-order valence-electron chi connectivity index (χ4n) is 3.60. The number of urea groups is 1. The average Bonchev–Trinajstić information content (AvgIpc) is 3.43. The third-order valence-corrected chi connectivity index (χ3v) is 6.56. The molecule has 1 fully saturated rings. The van der Waals surface area contributed by atoms with Crippen molar-refractivity contribution in [2.45, 2.75) is 36.2 Å². The Kier molecular flexibility index (Phi) is 7.36. The van der Waals surface area contributed by atoms with Gasteiger partial charge in [-0.15, -0.1) is 11.8 Å². The highest BCUT2D eigenvalue weighted by molar-refractivity contribution is 7.99.